The van der Waals surface area contributed by atoms with Gasteiger partial charge in [0.1, 0.15) is 5.52 Å². The van der Waals surface area contributed by atoms with Crippen molar-refractivity contribution in [3.8, 4) is 11.3 Å². The average molecular weight is 429 g/mol. The van der Waals surface area contributed by atoms with E-state index in [0.717, 1.165) is 18.7 Å². The van der Waals surface area contributed by atoms with Crippen molar-refractivity contribution >= 4 is 26.9 Å². The number of fused-ring (bicyclic) bond motifs is 1. The molecular weight excluding hydrogens is 404 g/mol. The molecule has 0 radical (unpaired) electrons. The van der Waals surface area contributed by atoms with Crippen molar-refractivity contribution in [2.24, 2.45) is 0 Å². The zero-order valence-electron chi connectivity index (χ0n) is 16.9. The highest BCUT2D eigenvalue weighted by Gasteiger charge is 2.18. The number of nitrogens with zero attached hydrogens (tertiary/aromatic N) is 4. The largest absolute Gasteiger partial charge is 0.374 e. The number of nitrogens with one attached hydrogen (secondary N) is 2. The Balaban J connectivity index is 1.66. The molecular formula is C20H24N6O3S. The maximum atomic E-state index is 12.3. The van der Waals surface area contributed by atoms with Crippen molar-refractivity contribution in [1.29, 1.82) is 0 Å². The number of hydrogen-bond donors (Lipinski definition) is 2. The minimum Gasteiger partial charge on any atom is -0.374 e. The Morgan fingerprint density at radius 1 is 1.20 bits per heavy atom. The van der Waals surface area contributed by atoms with Gasteiger partial charge in [0.05, 0.1) is 28.8 Å². The predicted octanol–water partition coefficient (Wildman–Crippen LogP) is 1.34. The number of morpholine rings is 1. The van der Waals surface area contributed by atoms with Crippen LogP contribution < -0.4 is 10.6 Å². The minimum atomic E-state index is -3.48. The first-order valence-corrected chi connectivity index (χ1v) is 11.1. The smallest absolute Gasteiger partial charge is 0.242 e. The van der Waals surface area contributed by atoms with Crippen molar-refractivity contribution in [1.82, 2.24) is 24.6 Å². The molecule has 0 aliphatic carbocycles. The van der Waals surface area contributed by atoms with Crippen LogP contribution in [0.1, 0.15) is 0 Å². The van der Waals surface area contributed by atoms with E-state index in [0.29, 0.717) is 35.7 Å². The fourth-order valence-corrected chi connectivity index (χ4v) is 4.11. The standard InChI is InChI=1S/C20H24N6O3S/c1-26(2)30(27,28)16-5-3-14(4-6-16)17-11-18-19(23-8-7-22-18)20(25-17)24-13-15-12-21-9-10-29-15/h3-8,11,15,21H,9-10,12-13H2,1-2H3,(H,24,25). The molecule has 1 aliphatic heterocycles. The highest BCUT2D eigenvalue weighted by atomic mass is 32.2. The Hall–Kier alpha value is -2.66. The molecule has 1 unspecified atom stereocenters. The van der Waals surface area contributed by atoms with E-state index in [4.69, 9.17) is 9.72 Å². The summed E-state index contributed by atoms with van der Waals surface area (Å²) in [6.07, 6.45) is 3.32. The molecule has 1 atom stereocenters. The predicted molar refractivity (Wildman–Crippen MR) is 115 cm³/mol. The number of ether oxygens (including phenoxy) is 1. The van der Waals surface area contributed by atoms with E-state index in [1.807, 2.05) is 6.07 Å². The maximum Gasteiger partial charge on any atom is 0.242 e. The number of benzene rings is 1. The normalized spacial score (nSPS) is 17.4. The van der Waals surface area contributed by atoms with Gasteiger partial charge in [-0.1, -0.05) is 12.1 Å². The lowest BCUT2D eigenvalue weighted by Crippen LogP contribution is -2.42. The third kappa shape index (κ3) is 4.26. The number of pyridine rings is 1. The van der Waals surface area contributed by atoms with Gasteiger partial charge in [0.15, 0.2) is 5.82 Å². The van der Waals surface area contributed by atoms with Crippen LogP contribution >= 0.6 is 0 Å². The van der Waals surface area contributed by atoms with Crippen molar-refractivity contribution in [2.45, 2.75) is 11.0 Å². The summed E-state index contributed by atoms with van der Waals surface area (Å²) in [5, 5.41) is 6.64. The molecule has 0 bridgehead atoms. The third-order valence-corrected chi connectivity index (χ3v) is 6.72. The molecule has 10 heteroatoms. The Kier molecular flexibility index (Phi) is 5.91. The lowest BCUT2D eigenvalue weighted by molar-refractivity contribution is 0.0372. The molecule has 158 valence electrons. The molecule has 1 aromatic carbocycles. The topological polar surface area (TPSA) is 109 Å². The Morgan fingerprint density at radius 3 is 2.67 bits per heavy atom. The molecule has 4 rings (SSSR count). The van der Waals surface area contributed by atoms with Gasteiger partial charge in [-0.05, 0) is 18.2 Å². The van der Waals surface area contributed by atoms with Crippen molar-refractivity contribution in [3.05, 3.63) is 42.7 Å². The van der Waals surface area contributed by atoms with Gasteiger partial charge in [-0.15, -0.1) is 0 Å². The van der Waals surface area contributed by atoms with Crippen molar-refractivity contribution in [3.63, 3.8) is 0 Å². The van der Waals surface area contributed by atoms with E-state index >= 15 is 0 Å². The number of hydrogen-bond acceptors (Lipinski definition) is 8. The van der Waals surface area contributed by atoms with Crippen LogP contribution in [0.15, 0.2) is 47.6 Å². The fraction of sp³-hybridized carbons (Fsp3) is 0.350. The summed E-state index contributed by atoms with van der Waals surface area (Å²) in [5.74, 6) is 0.620. The molecule has 2 N–H and O–H groups in total. The van der Waals surface area contributed by atoms with Crippen molar-refractivity contribution < 1.29 is 13.2 Å². The number of rotatable bonds is 6. The van der Waals surface area contributed by atoms with Crippen LogP contribution in [0.4, 0.5) is 5.82 Å². The summed E-state index contributed by atoms with van der Waals surface area (Å²) < 4.78 is 31.6. The molecule has 0 spiro atoms. The van der Waals surface area contributed by atoms with E-state index in [9.17, 15) is 8.42 Å². The van der Waals surface area contributed by atoms with E-state index < -0.39 is 10.0 Å². The van der Waals surface area contributed by atoms with E-state index in [1.165, 1.54) is 18.4 Å². The Bertz CT molecular complexity index is 1130. The number of sulfonamides is 1. The SMILES string of the molecule is CN(C)S(=O)(=O)c1ccc(-c2cc3nccnc3c(NCC3CNCCO3)n2)cc1. The first-order chi connectivity index (χ1) is 14.4. The third-order valence-electron chi connectivity index (χ3n) is 4.89. The fourth-order valence-electron chi connectivity index (χ4n) is 3.21. The quantitative estimate of drug-likeness (QED) is 0.605. The zero-order chi connectivity index (χ0) is 21.1. The van der Waals surface area contributed by atoms with E-state index in [-0.39, 0.29) is 11.0 Å². The monoisotopic (exact) mass is 428 g/mol. The van der Waals surface area contributed by atoms with Crippen LogP contribution in [0.3, 0.4) is 0 Å². The second-order valence-corrected chi connectivity index (χ2v) is 9.32. The van der Waals surface area contributed by atoms with Crippen LogP contribution in [0, 0.1) is 0 Å². The highest BCUT2D eigenvalue weighted by molar-refractivity contribution is 7.89. The molecule has 1 saturated heterocycles. The second kappa shape index (κ2) is 8.60. The summed E-state index contributed by atoms with van der Waals surface area (Å²) in [6.45, 7) is 2.91. The van der Waals surface area contributed by atoms with Crippen LogP contribution in [0.2, 0.25) is 0 Å². The van der Waals surface area contributed by atoms with Gasteiger partial charge in [0.25, 0.3) is 0 Å². The molecule has 30 heavy (non-hydrogen) atoms. The highest BCUT2D eigenvalue weighted by Crippen LogP contribution is 2.26. The van der Waals surface area contributed by atoms with Crippen LogP contribution in [0.25, 0.3) is 22.3 Å². The molecule has 3 heterocycles. The van der Waals surface area contributed by atoms with Gasteiger partial charge in [-0.25, -0.2) is 22.7 Å². The lowest BCUT2D eigenvalue weighted by Gasteiger charge is -2.24. The van der Waals surface area contributed by atoms with Crippen LogP contribution in [0.5, 0.6) is 0 Å². The van der Waals surface area contributed by atoms with Gasteiger partial charge < -0.3 is 15.4 Å². The number of anilines is 1. The molecule has 2 aromatic heterocycles. The summed E-state index contributed by atoms with van der Waals surface area (Å²) in [6, 6.07) is 8.52. The molecule has 9 nitrogen and oxygen atoms in total. The summed E-state index contributed by atoms with van der Waals surface area (Å²) >= 11 is 0. The first kappa shape index (κ1) is 20.6. The minimum absolute atomic E-state index is 0.0476. The molecule has 1 aliphatic rings. The maximum absolute atomic E-state index is 12.3. The first-order valence-electron chi connectivity index (χ1n) is 9.66. The van der Waals surface area contributed by atoms with Gasteiger partial charge in [0.2, 0.25) is 10.0 Å². The van der Waals surface area contributed by atoms with Crippen LogP contribution in [-0.4, -0.2) is 74.1 Å². The summed E-state index contributed by atoms with van der Waals surface area (Å²) in [7, 11) is -0.461. The summed E-state index contributed by atoms with van der Waals surface area (Å²) in [4.78, 5) is 13.8. The molecule has 3 aromatic rings. The molecule has 1 fully saturated rings. The Labute approximate surface area is 175 Å². The van der Waals surface area contributed by atoms with E-state index in [1.54, 1.807) is 36.7 Å². The zero-order valence-corrected chi connectivity index (χ0v) is 17.7. The Morgan fingerprint density at radius 2 is 1.97 bits per heavy atom. The average Bonchev–Trinajstić information content (AvgIpc) is 2.78. The summed E-state index contributed by atoms with van der Waals surface area (Å²) in [5.41, 5.74) is 2.86. The second-order valence-electron chi connectivity index (χ2n) is 7.17. The van der Waals surface area contributed by atoms with E-state index in [2.05, 4.69) is 20.6 Å². The van der Waals surface area contributed by atoms with Gasteiger partial charge >= 0.3 is 0 Å². The van der Waals surface area contributed by atoms with Gasteiger partial charge in [-0.2, -0.15) is 0 Å². The number of aromatic nitrogens is 3. The molecule has 0 saturated carbocycles. The van der Waals surface area contributed by atoms with Crippen LogP contribution in [-0.2, 0) is 14.8 Å². The lowest BCUT2D eigenvalue weighted by atomic mass is 10.1. The van der Waals surface area contributed by atoms with Crippen molar-refractivity contribution in [2.75, 3.05) is 45.7 Å². The molecule has 0 amide bonds. The van der Waals surface area contributed by atoms with Gasteiger partial charge in [0, 0.05) is 51.7 Å². The van der Waals surface area contributed by atoms with Gasteiger partial charge in [-0.3, -0.25) is 4.98 Å².